The van der Waals surface area contributed by atoms with Crippen molar-refractivity contribution >= 4 is 29.3 Å². The molecule has 6 heteroatoms. The normalized spacial score (nSPS) is 16.7. The lowest BCUT2D eigenvalue weighted by molar-refractivity contribution is 0.0697. The summed E-state index contributed by atoms with van der Waals surface area (Å²) in [5.41, 5.74) is 3.06. The van der Waals surface area contributed by atoms with E-state index < -0.39 is 5.97 Å². The number of fused-ring (bicyclic) bond motifs is 1. The predicted octanol–water partition coefficient (Wildman–Crippen LogP) is 4.02. The Morgan fingerprint density at radius 2 is 1.88 bits per heavy atom. The maximum atomic E-state index is 10.2. The molecule has 2 aromatic carbocycles. The van der Waals surface area contributed by atoms with E-state index in [1.807, 2.05) is 10.5 Å². The van der Waals surface area contributed by atoms with E-state index in [2.05, 4.69) is 19.1 Å². The van der Waals surface area contributed by atoms with Gasteiger partial charge in [0.25, 0.3) is 0 Å². The third kappa shape index (κ3) is 5.80. The minimum Gasteiger partial charge on any atom is -0.478 e. The number of hydrogen-bond acceptors (Lipinski definition) is 2. The Morgan fingerprint density at radius 3 is 2.46 bits per heavy atom. The van der Waals surface area contributed by atoms with Crippen LogP contribution in [0.4, 0.5) is 0 Å². The zero-order chi connectivity index (χ0) is 16.8. The van der Waals surface area contributed by atoms with Crippen molar-refractivity contribution in [3.63, 3.8) is 0 Å². The average Bonchev–Trinajstić information content (AvgIpc) is 2.68. The average molecular weight is 370 g/mol. The molecule has 0 saturated carbocycles. The number of carbonyl (C=O) groups is 1. The van der Waals surface area contributed by atoms with Crippen molar-refractivity contribution in [2.45, 2.75) is 19.3 Å². The van der Waals surface area contributed by atoms with Crippen LogP contribution in [0.5, 0.6) is 0 Å². The van der Waals surface area contributed by atoms with E-state index in [4.69, 9.17) is 28.5 Å². The monoisotopic (exact) mass is 369 g/mol. The summed E-state index contributed by atoms with van der Waals surface area (Å²) in [7, 11) is 0. The van der Waals surface area contributed by atoms with E-state index in [-0.39, 0.29) is 5.48 Å². The van der Waals surface area contributed by atoms with Crippen LogP contribution in [0, 0.1) is 0 Å². The Kier molecular flexibility index (Phi) is 8.22. The SMILES string of the molecule is C[C@H]1CN(Cl)CCc2ccc(Cl)cc21.O.O=C(O)c1ccccc1. The fourth-order valence-electron chi connectivity index (χ4n) is 2.56. The Morgan fingerprint density at radius 1 is 1.21 bits per heavy atom. The van der Waals surface area contributed by atoms with Gasteiger partial charge in [-0.15, -0.1) is 0 Å². The maximum absolute atomic E-state index is 10.2. The van der Waals surface area contributed by atoms with Gasteiger partial charge in [0, 0.05) is 18.1 Å². The minimum atomic E-state index is -0.879. The van der Waals surface area contributed by atoms with Gasteiger partial charge in [-0.2, -0.15) is 0 Å². The summed E-state index contributed by atoms with van der Waals surface area (Å²) >= 11 is 12.0. The zero-order valence-electron chi connectivity index (χ0n) is 13.4. The molecule has 0 fully saturated rings. The standard InChI is InChI=1S/C11H13Cl2N.C7H6O2.H2O/c1-8-7-14(13)5-4-9-2-3-10(12)6-11(8)9;8-7(9)6-4-2-1-3-5-6;/h2-3,6,8H,4-5,7H2,1H3;1-5H,(H,8,9);1H2/t8-;;/m0../s1. The van der Waals surface area contributed by atoms with Crippen LogP contribution in [0.25, 0.3) is 0 Å². The molecule has 1 aliphatic heterocycles. The molecule has 0 spiro atoms. The van der Waals surface area contributed by atoms with Crippen molar-refractivity contribution in [3.8, 4) is 0 Å². The smallest absolute Gasteiger partial charge is 0.335 e. The first kappa shape index (κ1) is 20.5. The van der Waals surface area contributed by atoms with E-state index in [0.717, 1.165) is 24.5 Å². The summed E-state index contributed by atoms with van der Waals surface area (Å²) in [5.74, 6) is -0.417. The van der Waals surface area contributed by atoms with E-state index in [1.54, 1.807) is 30.3 Å². The fraction of sp³-hybridized carbons (Fsp3) is 0.278. The molecule has 1 aliphatic rings. The van der Waals surface area contributed by atoms with Crippen molar-refractivity contribution < 1.29 is 15.4 Å². The lowest BCUT2D eigenvalue weighted by Gasteiger charge is -2.14. The summed E-state index contributed by atoms with van der Waals surface area (Å²) in [5, 5.41) is 9.20. The van der Waals surface area contributed by atoms with E-state index in [0.29, 0.717) is 11.5 Å². The van der Waals surface area contributed by atoms with Gasteiger partial charge in [0.15, 0.2) is 0 Å². The molecular weight excluding hydrogens is 349 g/mol. The third-order valence-electron chi connectivity index (χ3n) is 3.76. The summed E-state index contributed by atoms with van der Waals surface area (Å²) < 4.78 is 1.86. The topological polar surface area (TPSA) is 72.0 Å². The molecule has 24 heavy (non-hydrogen) atoms. The van der Waals surface area contributed by atoms with Crippen molar-refractivity contribution in [1.29, 1.82) is 0 Å². The fourth-order valence-corrected chi connectivity index (χ4v) is 3.03. The molecular formula is C18H21Cl2NO3. The largest absolute Gasteiger partial charge is 0.478 e. The van der Waals surface area contributed by atoms with Gasteiger partial charge in [-0.25, -0.2) is 9.21 Å². The molecule has 3 N–H and O–H groups in total. The van der Waals surface area contributed by atoms with Crippen LogP contribution in [0.3, 0.4) is 0 Å². The number of aromatic carboxylic acids is 1. The first-order chi connectivity index (χ1) is 11.0. The van der Waals surface area contributed by atoms with Crippen LogP contribution in [-0.4, -0.2) is 34.1 Å². The third-order valence-corrected chi connectivity index (χ3v) is 4.30. The number of carboxylic acids is 1. The van der Waals surface area contributed by atoms with Crippen molar-refractivity contribution in [2.24, 2.45) is 0 Å². The Balaban J connectivity index is 0.000000252. The summed E-state index contributed by atoms with van der Waals surface area (Å²) in [6, 6.07) is 14.4. The highest BCUT2D eigenvalue weighted by molar-refractivity contribution is 6.30. The molecule has 0 bridgehead atoms. The number of carboxylic acid groups (broad SMARTS) is 1. The molecule has 3 rings (SSSR count). The van der Waals surface area contributed by atoms with Crippen LogP contribution in [0.1, 0.15) is 34.3 Å². The number of rotatable bonds is 1. The van der Waals surface area contributed by atoms with Crippen molar-refractivity contribution in [1.82, 2.24) is 4.42 Å². The van der Waals surface area contributed by atoms with Gasteiger partial charge in [-0.3, -0.25) is 0 Å². The van der Waals surface area contributed by atoms with Crippen LogP contribution in [-0.2, 0) is 6.42 Å². The highest BCUT2D eigenvalue weighted by atomic mass is 35.5. The Labute approximate surface area is 152 Å². The second kappa shape index (κ2) is 9.64. The quantitative estimate of drug-likeness (QED) is 0.771. The van der Waals surface area contributed by atoms with Crippen LogP contribution < -0.4 is 0 Å². The van der Waals surface area contributed by atoms with E-state index >= 15 is 0 Å². The molecule has 4 nitrogen and oxygen atoms in total. The summed E-state index contributed by atoms with van der Waals surface area (Å²) in [6.07, 6.45) is 1.01. The predicted molar refractivity (Wildman–Crippen MR) is 98.0 cm³/mol. The van der Waals surface area contributed by atoms with Crippen LogP contribution >= 0.6 is 23.4 Å². The first-order valence-electron chi connectivity index (χ1n) is 7.44. The Bertz CT molecular complexity index is 665. The molecule has 2 aromatic rings. The van der Waals surface area contributed by atoms with Gasteiger partial charge in [0.2, 0.25) is 0 Å². The van der Waals surface area contributed by atoms with Crippen LogP contribution in [0.15, 0.2) is 48.5 Å². The van der Waals surface area contributed by atoms with E-state index in [9.17, 15) is 4.79 Å². The van der Waals surface area contributed by atoms with E-state index in [1.165, 1.54) is 11.1 Å². The number of halogens is 2. The van der Waals surface area contributed by atoms with Gasteiger partial charge >= 0.3 is 5.97 Å². The van der Waals surface area contributed by atoms with Crippen molar-refractivity contribution in [3.05, 3.63) is 70.2 Å². The molecule has 0 saturated heterocycles. The molecule has 0 amide bonds. The molecule has 0 unspecified atom stereocenters. The molecule has 0 aliphatic carbocycles. The highest BCUT2D eigenvalue weighted by Crippen LogP contribution is 2.28. The molecule has 1 atom stereocenters. The highest BCUT2D eigenvalue weighted by Gasteiger charge is 2.18. The van der Waals surface area contributed by atoms with Gasteiger partial charge in [-0.05, 0) is 59.5 Å². The number of hydrogen-bond donors (Lipinski definition) is 1. The molecule has 0 radical (unpaired) electrons. The van der Waals surface area contributed by atoms with Gasteiger partial charge in [-0.1, -0.05) is 42.8 Å². The summed E-state index contributed by atoms with van der Waals surface area (Å²) in [4.78, 5) is 10.2. The molecule has 0 aromatic heterocycles. The minimum absolute atomic E-state index is 0. The number of nitrogens with zero attached hydrogens (tertiary/aromatic N) is 1. The second-order valence-electron chi connectivity index (χ2n) is 5.53. The number of benzene rings is 2. The van der Waals surface area contributed by atoms with Crippen LogP contribution in [0.2, 0.25) is 5.02 Å². The molecule has 130 valence electrons. The summed E-state index contributed by atoms with van der Waals surface area (Å²) in [6.45, 7) is 4.01. The maximum Gasteiger partial charge on any atom is 0.335 e. The molecule has 1 heterocycles. The van der Waals surface area contributed by atoms with Gasteiger partial charge in [0.05, 0.1) is 5.56 Å². The first-order valence-corrected chi connectivity index (χ1v) is 8.16. The lowest BCUT2D eigenvalue weighted by Crippen LogP contribution is -2.16. The van der Waals surface area contributed by atoms with Gasteiger partial charge in [0.1, 0.15) is 0 Å². The lowest BCUT2D eigenvalue weighted by atomic mass is 9.96. The van der Waals surface area contributed by atoms with Gasteiger partial charge < -0.3 is 10.6 Å². The zero-order valence-corrected chi connectivity index (χ0v) is 14.9. The second-order valence-corrected chi connectivity index (χ2v) is 6.45. The Hall–Kier alpha value is -1.59. The van der Waals surface area contributed by atoms with Crippen molar-refractivity contribution in [2.75, 3.05) is 13.1 Å².